The molecule has 1 heterocycles. The lowest BCUT2D eigenvalue weighted by atomic mass is 9.93. The van der Waals surface area contributed by atoms with Crippen LogP contribution in [-0.2, 0) is 6.54 Å². The smallest absolute Gasteiger partial charge is 0.0491 e. The monoisotopic (exact) mass is 395 g/mol. The van der Waals surface area contributed by atoms with Crippen molar-refractivity contribution in [1.29, 1.82) is 0 Å². The van der Waals surface area contributed by atoms with Crippen molar-refractivity contribution in [2.45, 2.75) is 13.5 Å². The van der Waals surface area contributed by atoms with Gasteiger partial charge >= 0.3 is 0 Å². The minimum atomic E-state index is 0.975. The zero-order valence-electron chi connectivity index (χ0n) is 17.4. The topological polar surface area (TPSA) is 4.93 Å². The van der Waals surface area contributed by atoms with Crippen LogP contribution < -0.4 is 0 Å². The van der Waals surface area contributed by atoms with E-state index in [4.69, 9.17) is 0 Å². The third kappa shape index (κ3) is 2.16. The lowest BCUT2D eigenvalue weighted by Gasteiger charge is -2.10. The van der Waals surface area contributed by atoms with Crippen LogP contribution in [0.5, 0.6) is 0 Å². The van der Waals surface area contributed by atoms with Crippen LogP contribution in [0.4, 0.5) is 0 Å². The van der Waals surface area contributed by atoms with E-state index in [1.807, 2.05) is 0 Å². The summed E-state index contributed by atoms with van der Waals surface area (Å²) in [6.45, 7) is 3.20. The average Bonchev–Trinajstić information content (AvgIpc) is 3.33. The minimum absolute atomic E-state index is 0.975. The van der Waals surface area contributed by atoms with E-state index < -0.39 is 0 Å². The normalized spacial score (nSPS) is 12.2. The van der Waals surface area contributed by atoms with E-state index in [1.165, 1.54) is 66.0 Å². The number of para-hydroxylation sites is 1. The average molecular weight is 396 g/mol. The van der Waals surface area contributed by atoms with Gasteiger partial charge in [-0.2, -0.15) is 0 Å². The number of nitrogens with zero attached hydrogens (tertiary/aromatic N) is 1. The number of fused-ring (bicyclic) bond motifs is 6. The number of aromatic nitrogens is 1. The summed E-state index contributed by atoms with van der Waals surface area (Å²) in [7, 11) is 0. The molecule has 0 fully saturated rings. The molecule has 0 N–H and O–H groups in total. The molecule has 0 saturated carbocycles. The molecule has 0 amide bonds. The molecule has 31 heavy (non-hydrogen) atoms. The molecule has 5 aromatic carbocycles. The summed E-state index contributed by atoms with van der Waals surface area (Å²) in [6, 6.07) is 35.9. The zero-order valence-corrected chi connectivity index (χ0v) is 17.4. The highest BCUT2D eigenvalue weighted by atomic mass is 15.0. The molecular formula is C30H21N. The van der Waals surface area contributed by atoms with Crippen LogP contribution in [0, 0.1) is 0 Å². The summed E-state index contributed by atoms with van der Waals surface area (Å²) in [5.41, 5.74) is 10.6. The molecule has 6 aromatic rings. The molecule has 0 atom stereocenters. The first kappa shape index (κ1) is 16.9. The van der Waals surface area contributed by atoms with Gasteiger partial charge in [0.05, 0.1) is 0 Å². The Morgan fingerprint density at radius 3 is 2.00 bits per heavy atom. The van der Waals surface area contributed by atoms with Crippen LogP contribution in [0.25, 0.3) is 66.0 Å². The van der Waals surface area contributed by atoms with Gasteiger partial charge in [-0.05, 0) is 69.3 Å². The van der Waals surface area contributed by atoms with Crippen LogP contribution in [0.2, 0.25) is 0 Å². The Morgan fingerprint density at radius 2 is 1.16 bits per heavy atom. The quantitative estimate of drug-likeness (QED) is 0.277. The minimum Gasteiger partial charge on any atom is -0.341 e. The van der Waals surface area contributed by atoms with Crippen molar-refractivity contribution in [1.82, 2.24) is 4.57 Å². The van der Waals surface area contributed by atoms with Gasteiger partial charge < -0.3 is 4.57 Å². The molecule has 0 bridgehead atoms. The third-order valence-electron chi connectivity index (χ3n) is 6.95. The van der Waals surface area contributed by atoms with Crippen molar-refractivity contribution < 1.29 is 0 Å². The Bertz CT molecular complexity index is 1640. The molecule has 0 saturated heterocycles. The van der Waals surface area contributed by atoms with Gasteiger partial charge in [0, 0.05) is 28.4 Å². The van der Waals surface area contributed by atoms with E-state index in [1.54, 1.807) is 0 Å². The first-order valence-electron chi connectivity index (χ1n) is 11.0. The van der Waals surface area contributed by atoms with E-state index >= 15 is 0 Å². The fraction of sp³-hybridized carbons (Fsp3) is 0.0667. The van der Waals surface area contributed by atoms with Crippen LogP contribution in [-0.4, -0.2) is 4.57 Å². The van der Waals surface area contributed by atoms with E-state index in [0.717, 1.165) is 6.54 Å². The highest BCUT2D eigenvalue weighted by Crippen LogP contribution is 2.49. The maximum Gasteiger partial charge on any atom is 0.0491 e. The summed E-state index contributed by atoms with van der Waals surface area (Å²) < 4.78 is 2.42. The van der Waals surface area contributed by atoms with Crippen molar-refractivity contribution in [2.24, 2.45) is 0 Å². The molecule has 0 aliphatic heterocycles. The molecule has 146 valence electrons. The molecule has 1 aliphatic rings. The SMILES string of the molecule is CCn1c2ccccc2c2cc(-c3ccc4c5c(cccc35)-c3ccccc3-4)ccc21. The van der Waals surface area contributed by atoms with Crippen LogP contribution >= 0.6 is 0 Å². The van der Waals surface area contributed by atoms with Gasteiger partial charge in [-0.1, -0.05) is 78.9 Å². The third-order valence-corrected chi connectivity index (χ3v) is 6.95. The molecular weight excluding hydrogens is 374 g/mol. The number of hydrogen-bond acceptors (Lipinski definition) is 0. The van der Waals surface area contributed by atoms with Gasteiger partial charge in [0.25, 0.3) is 0 Å². The Balaban J connectivity index is 1.54. The van der Waals surface area contributed by atoms with Crippen LogP contribution in [0.15, 0.2) is 97.1 Å². The fourth-order valence-corrected chi connectivity index (χ4v) is 5.62. The Hall–Kier alpha value is -3.84. The maximum absolute atomic E-state index is 2.42. The standard InChI is InChI=1S/C30H21N/c1-2-31-28-13-6-5-10-23(28)27-18-19(14-17-29(27)31)20-15-16-26-22-9-4-3-8-21(22)25-12-7-11-24(20)30(25)26/h3-18H,2H2,1H3. The summed E-state index contributed by atoms with van der Waals surface area (Å²) in [5.74, 6) is 0. The van der Waals surface area contributed by atoms with E-state index in [-0.39, 0.29) is 0 Å². The van der Waals surface area contributed by atoms with Crippen molar-refractivity contribution >= 4 is 32.6 Å². The molecule has 0 radical (unpaired) electrons. The molecule has 1 aromatic heterocycles. The summed E-state index contributed by atoms with van der Waals surface area (Å²) >= 11 is 0. The number of aryl methyl sites for hydroxylation is 1. The van der Waals surface area contributed by atoms with Gasteiger partial charge in [-0.25, -0.2) is 0 Å². The highest BCUT2D eigenvalue weighted by molar-refractivity contribution is 6.19. The predicted octanol–water partition coefficient (Wildman–Crippen LogP) is 8.28. The molecule has 1 aliphatic carbocycles. The molecule has 1 nitrogen and oxygen atoms in total. The summed E-state index contributed by atoms with van der Waals surface area (Å²) in [6.07, 6.45) is 0. The molecule has 1 heteroatoms. The second-order valence-electron chi connectivity index (χ2n) is 8.43. The largest absolute Gasteiger partial charge is 0.341 e. The van der Waals surface area contributed by atoms with Gasteiger partial charge in [0.15, 0.2) is 0 Å². The molecule has 0 spiro atoms. The van der Waals surface area contributed by atoms with Gasteiger partial charge in [-0.15, -0.1) is 0 Å². The van der Waals surface area contributed by atoms with Gasteiger partial charge in [0.2, 0.25) is 0 Å². The Kier molecular flexibility index (Phi) is 3.32. The van der Waals surface area contributed by atoms with Crippen LogP contribution in [0.1, 0.15) is 6.92 Å². The van der Waals surface area contributed by atoms with Crippen molar-refractivity contribution in [3.63, 3.8) is 0 Å². The molecule has 0 unspecified atom stereocenters. The Morgan fingerprint density at radius 1 is 0.516 bits per heavy atom. The second kappa shape index (κ2) is 6.09. The van der Waals surface area contributed by atoms with Crippen LogP contribution in [0.3, 0.4) is 0 Å². The zero-order chi connectivity index (χ0) is 20.5. The van der Waals surface area contributed by atoms with Gasteiger partial charge in [-0.3, -0.25) is 0 Å². The van der Waals surface area contributed by atoms with Gasteiger partial charge in [0.1, 0.15) is 0 Å². The van der Waals surface area contributed by atoms with Crippen molar-refractivity contribution in [2.75, 3.05) is 0 Å². The van der Waals surface area contributed by atoms with E-state index in [2.05, 4.69) is 109 Å². The number of benzene rings is 5. The lowest BCUT2D eigenvalue weighted by molar-refractivity contribution is 0.827. The Labute approximate surface area is 181 Å². The maximum atomic E-state index is 2.42. The first-order valence-corrected chi connectivity index (χ1v) is 11.0. The fourth-order valence-electron chi connectivity index (χ4n) is 5.62. The van der Waals surface area contributed by atoms with E-state index in [0.29, 0.717) is 0 Å². The van der Waals surface area contributed by atoms with Crippen molar-refractivity contribution in [3.8, 4) is 33.4 Å². The van der Waals surface area contributed by atoms with E-state index in [9.17, 15) is 0 Å². The number of hydrogen-bond donors (Lipinski definition) is 0. The lowest BCUT2D eigenvalue weighted by Crippen LogP contribution is -1.92. The molecule has 7 rings (SSSR count). The number of rotatable bonds is 2. The first-order chi connectivity index (χ1) is 15.3. The van der Waals surface area contributed by atoms with Crippen molar-refractivity contribution in [3.05, 3.63) is 97.1 Å². The summed E-state index contributed by atoms with van der Waals surface area (Å²) in [4.78, 5) is 0. The highest BCUT2D eigenvalue weighted by Gasteiger charge is 2.22. The predicted molar refractivity (Wildman–Crippen MR) is 132 cm³/mol. The summed E-state index contributed by atoms with van der Waals surface area (Å²) in [5, 5.41) is 5.39. The second-order valence-corrected chi connectivity index (χ2v) is 8.43.